The van der Waals surface area contributed by atoms with Crippen molar-refractivity contribution in [2.24, 2.45) is 0 Å². The van der Waals surface area contributed by atoms with Gasteiger partial charge in [0.05, 0.1) is 42.1 Å². The van der Waals surface area contributed by atoms with Gasteiger partial charge in [-0.3, -0.25) is 0 Å². The molecule has 4 rings (SSSR count). The number of carbonyl (C=O) groups is 1. The molecule has 3 N–H and O–H groups in total. The minimum atomic E-state index is -1.20. The molecular weight excluding hydrogens is 460 g/mol. The molecule has 176 valence electrons. The topological polar surface area (TPSA) is 144 Å². The van der Waals surface area contributed by atoms with Crippen LogP contribution >= 0.6 is 11.6 Å². The van der Waals surface area contributed by atoms with Gasteiger partial charge in [-0.2, -0.15) is 5.26 Å². The molecule has 0 bridgehead atoms. The molecule has 0 unspecified atom stereocenters. The van der Waals surface area contributed by atoms with Crippen molar-refractivity contribution in [3.63, 3.8) is 0 Å². The number of hydrogen-bond donors (Lipinski definition) is 3. The molecular formula is C23H23ClN6O4. The second-order valence-electron chi connectivity index (χ2n) is 8.05. The Balaban J connectivity index is 1.78. The van der Waals surface area contributed by atoms with Gasteiger partial charge in [0.25, 0.3) is 0 Å². The number of pyridine rings is 1. The van der Waals surface area contributed by atoms with Crippen molar-refractivity contribution < 1.29 is 19.7 Å². The number of aliphatic hydroxyl groups is 1. The van der Waals surface area contributed by atoms with E-state index in [4.69, 9.17) is 21.3 Å². The van der Waals surface area contributed by atoms with Gasteiger partial charge in [-0.05, 0) is 37.6 Å². The molecule has 0 amide bonds. The number of nitriles is 1. The first-order valence-corrected chi connectivity index (χ1v) is 11.0. The number of aromatic carboxylic acids is 1. The fourth-order valence-electron chi connectivity index (χ4n) is 4.00. The quantitative estimate of drug-likeness (QED) is 0.448. The van der Waals surface area contributed by atoms with Crippen LogP contribution in [0.25, 0.3) is 11.0 Å². The second kappa shape index (κ2) is 9.77. The molecule has 0 aliphatic carbocycles. The van der Waals surface area contributed by atoms with Gasteiger partial charge in [-0.25, -0.2) is 19.7 Å². The number of morpholine rings is 1. The molecule has 2 atom stereocenters. The Morgan fingerprint density at radius 1 is 1.38 bits per heavy atom. The maximum absolute atomic E-state index is 11.7. The van der Waals surface area contributed by atoms with E-state index < -0.39 is 5.97 Å². The maximum Gasteiger partial charge on any atom is 0.356 e. The normalized spacial score (nSPS) is 16.8. The van der Waals surface area contributed by atoms with Crippen molar-refractivity contribution in [3.05, 3.63) is 51.9 Å². The first-order valence-electron chi connectivity index (χ1n) is 10.7. The van der Waals surface area contributed by atoms with Gasteiger partial charge in [0.15, 0.2) is 17.2 Å². The number of fused-ring (bicyclic) bond motifs is 1. The lowest BCUT2D eigenvalue weighted by Crippen LogP contribution is -2.44. The SMILES string of the molecule is Cc1cc([C@@H](C)Nc2ccc(Cl)nc2C(=O)O)c2nc(N3CCO[C@H](CO)C3)c(C#N)nc2c1. The Hall–Kier alpha value is -3.52. The van der Waals surface area contributed by atoms with Crippen LogP contribution in [0, 0.1) is 18.3 Å². The average Bonchev–Trinajstić information content (AvgIpc) is 2.83. The summed E-state index contributed by atoms with van der Waals surface area (Å²) >= 11 is 5.88. The fraction of sp³-hybridized carbons (Fsp3) is 0.348. The zero-order valence-corrected chi connectivity index (χ0v) is 19.4. The number of nitrogens with zero attached hydrogens (tertiary/aromatic N) is 5. The van der Waals surface area contributed by atoms with Crippen molar-refractivity contribution in [2.45, 2.75) is 26.0 Å². The van der Waals surface area contributed by atoms with E-state index in [0.717, 1.165) is 11.1 Å². The summed E-state index contributed by atoms with van der Waals surface area (Å²) in [6, 6.07) is 8.65. The van der Waals surface area contributed by atoms with Crippen molar-refractivity contribution in [3.8, 4) is 6.07 Å². The van der Waals surface area contributed by atoms with Gasteiger partial charge in [-0.15, -0.1) is 0 Å². The molecule has 11 heteroatoms. The number of halogens is 1. The Labute approximate surface area is 200 Å². The van der Waals surface area contributed by atoms with Gasteiger partial charge < -0.3 is 25.2 Å². The molecule has 0 saturated carbocycles. The number of carboxylic acid groups (broad SMARTS) is 1. The Morgan fingerprint density at radius 3 is 2.88 bits per heavy atom. The first kappa shape index (κ1) is 23.6. The lowest BCUT2D eigenvalue weighted by molar-refractivity contribution is 0.00335. The van der Waals surface area contributed by atoms with E-state index >= 15 is 0 Å². The van der Waals surface area contributed by atoms with Gasteiger partial charge in [-0.1, -0.05) is 17.7 Å². The summed E-state index contributed by atoms with van der Waals surface area (Å²) in [5.41, 5.74) is 3.18. The van der Waals surface area contributed by atoms with Gasteiger partial charge >= 0.3 is 5.97 Å². The van der Waals surface area contributed by atoms with E-state index in [1.54, 1.807) is 6.07 Å². The number of benzene rings is 1. The number of aliphatic hydroxyl groups excluding tert-OH is 1. The van der Waals surface area contributed by atoms with Crippen LogP contribution in [0.4, 0.5) is 11.5 Å². The number of anilines is 2. The molecule has 3 heterocycles. The molecule has 1 fully saturated rings. The standard InChI is InChI=1S/C23H23ClN6O4/c1-12-7-15(13(2)26-16-3-4-19(24)28-21(16)23(32)33)20-17(8-12)27-18(9-25)22(29-20)30-5-6-34-14(10-30)11-31/h3-4,7-8,13-14,26,31H,5-6,10-11H2,1-2H3,(H,32,33)/t13-,14+/m1/s1. The monoisotopic (exact) mass is 482 g/mol. The van der Waals surface area contributed by atoms with E-state index in [1.807, 2.05) is 30.9 Å². The third-order valence-electron chi connectivity index (χ3n) is 5.58. The summed E-state index contributed by atoms with van der Waals surface area (Å²) < 4.78 is 5.53. The van der Waals surface area contributed by atoms with E-state index in [0.29, 0.717) is 42.2 Å². The summed E-state index contributed by atoms with van der Waals surface area (Å²) in [5, 5.41) is 32.0. The predicted octanol–water partition coefficient (Wildman–Crippen LogP) is 2.93. The number of carboxylic acids is 1. The lowest BCUT2D eigenvalue weighted by Gasteiger charge is -2.33. The predicted molar refractivity (Wildman–Crippen MR) is 126 cm³/mol. The van der Waals surface area contributed by atoms with Crippen LogP contribution in [0.1, 0.15) is 40.3 Å². The summed E-state index contributed by atoms with van der Waals surface area (Å²) in [4.78, 5) is 26.8. The van der Waals surface area contributed by atoms with Gasteiger partial charge in [0.2, 0.25) is 0 Å². The second-order valence-corrected chi connectivity index (χ2v) is 8.44. The van der Waals surface area contributed by atoms with E-state index in [1.165, 1.54) is 6.07 Å². The molecule has 10 nitrogen and oxygen atoms in total. The van der Waals surface area contributed by atoms with Gasteiger partial charge in [0.1, 0.15) is 11.2 Å². The number of aryl methyl sites for hydroxylation is 1. The summed E-state index contributed by atoms with van der Waals surface area (Å²) in [6.45, 7) is 4.96. The Morgan fingerprint density at radius 2 is 2.18 bits per heavy atom. The van der Waals surface area contributed by atoms with Crippen LogP contribution in [0.3, 0.4) is 0 Å². The number of ether oxygens (including phenoxy) is 1. The highest BCUT2D eigenvalue weighted by molar-refractivity contribution is 6.29. The number of nitrogens with one attached hydrogen (secondary N) is 1. The number of rotatable bonds is 6. The van der Waals surface area contributed by atoms with E-state index in [-0.39, 0.29) is 35.3 Å². The van der Waals surface area contributed by atoms with Crippen molar-refractivity contribution in [2.75, 3.05) is 36.5 Å². The fourth-order valence-corrected chi connectivity index (χ4v) is 4.14. The molecule has 3 aromatic rings. The molecule has 1 aliphatic heterocycles. The highest BCUT2D eigenvalue weighted by Crippen LogP contribution is 2.31. The highest BCUT2D eigenvalue weighted by atomic mass is 35.5. The third kappa shape index (κ3) is 4.72. The Kier molecular flexibility index (Phi) is 6.79. The first-order chi connectivity index (χ1) is 16.3. The zero-order chi connectivity index (χ0) is 24.4. The smallest absolute Gasteiger partial charge is 0.356 e. The number of aromatic nitrogens is 3. The lowest BCUT2D eigenvalue weighted by atomic mass is 10.0. The van der Waals surface area contributed by atoms with Crippen molar-refractivity contribution >= 4 is 40.1 Å². The molecule has 1 aliphatic rings. The molecule has 34 heavy (non-hydrogen) atoms. The summed E-state index contributed by atoms with van der Waals surface area (Å²) in [7, 11) is 0. The Bertz CT molecular complexity index is 1290. The van der Waals surface area contributed by atoms with E-state index in [9.17, 15) is 20.3 Å². The van der Waals surface area contributed by atoms with Crippen LogP contribution in [-0.4, -0.2) is 63.5 Å². The highest BCUT2D eigenvalue weighted by Gasteiger charge is 2.25. The van der Waals surface area contributed by atoms with Crippen LogP contribution in [-0.2, 0) is 4.74 Å². The van der Waals surface area contributed by atoms with Crippen LogP contribution < -0.4 is 10.2 Å². The summed E-state index contributed by atoms with van der Waals surface area (Å²) in [6.07, 6.45) is -0.372. The molecule has 0 spiro atoms. The molecule has 0 radical (unpaired) electrons. The molecule has 1 aromatic carbocycles. The molecule has 1 saturated heterocycles. The minimum Gasteiger partial charge on any atom is -0.476 e. The van der Waals surface area contributed by atoms with Gasteiger partial charge in [0, 0.05) is 18.7 Å². The maximum atomic E-state index is 11.7. The third-order valence-corrected chi connectivity index (χ3v) is 5.79. The average molecular weight is 483 g/mol. The number of hydrogen-bond acceptors (Lipinski definition) is 9. The van der Waals surface area contributed by atoms with Crippen molar-refractivity contribution in [1.29, 1.82) is 5.26 Å². The minimum absolute atomic E-state index is 0.0860. The molecule has 2 aromatic heterocycles. The van der Waals surface area contributed by atoms with Crippen molar-refractivity contribution in [1.82, 2.24) is 15.0 Å². The van der Waals surface area contributed by atoms with Crippen LogP contribution in [0.5, 0.6) is 0 Å². The zero-order valence-electron chi connectivity index (χ0n) is 18.6. The summed E-state index contributed by atoms with van der Waals surface area (Å²) in [5.74, 6) is -0.772. The largest absolute Gasteiger partial charge is 0.476 e. The van der Waals surface area contributed by atoms with Crippen LogP contribution in [0.2, 0.25) is 5.15 Å². The van der Waals surface area contributed by atoms with Crippen LogP contribution in [0.15, 0.2) is 24.3 Å². The van der Waals surface area contributed by atoms with E-state index in [2.05, 4.69) is 21.4 Å².